The lowest BCUT2D eigenvalue weighted by atomic mass is 10.1. The molecule has 1 heterocycles. The Bertz CT molecular complexity index is 902. The van der Waals surface area contributed by atoms with E-state index in [9.17, 15) is 0 Å². The van der Waals surface area contributed by atoms with Gasteiger partial charge in [-0.05, 0) is 48.9 Å². The summed E-state index contributed by atoms with van der Waals surface area (Å²) < 4.78 is 7.09. The van der Waals surface area contributed by atoms with Crippen molar-refractivity contribution in [2.45, 2.75) is 12.8 Å². The molecule has 2 aromatic carbocycles. The van der Waals surface area contributed by atoms with Crippen molar-refractivity contribution in [1.82, 2.24) is 9.78 Å². The molecule has 3 aromatic rings. The number of nitrogens with two attached hydrogens (primary N) is 1. The largest absolute Gasteiger partial charge is 0.497 e. The highest BCUT2D eigenvalue weighted by Gasteiger charge is 2.12. The SMILES string of the molecule is COc1ccc(-n2nc(CCC(N)=NO)cc2-c2ccc(Cl)cc2)cc1. The molecule has 0 fully saturated rings. The molecular weight excluding hydrogens is 352 g/mol. The van der Waals surface area contributed by atoms with E-state index in [0.717, 1.165) is 28.4 Å². The van der Waals surface area contributed by atoms with Crippen LogP contribution < -0.4 is 10.5 Å². The Balaban J connectivity index is 2.01. The van der Waals surface area contributed by atoms with Crippen LogP contribution in [-0.4, -0.2) is 27.9 Å². The van der Waals surface area contributed by atoms with Gasteiger partial charge in [-0.2, -0.15) is 5.10 Å². The summed E-state index contributed by atoms with van der Waals surface area (Å²) in [6.07, 6.45) is 0.996. The fourth-order valence-electron chi connectivity index (χ4n) is 2.60. The highest BCUT2D eigenvalue weighted by molar-refractivity contribution is 6.30. The number of rotatable bonds is 6. The van der Waals surface area contributed by atoms with Crippen LogP contribution in [-0.2, 0) is 6.42 Å². The van der Waals surface area contributed by atoms with Crippen LogP contribution in [0.5, 0.6) is 5.75 Å². The number of methoxy groups -OCH3 is 1. The van der Waals surface area contributed by atoms with Crippen molar-refractivity contribution in [3.63, 3.8) is 0 Å². The molecule has 0 radical (unpaired) electrons. The molecule has 134 valence electrons. The third kappa shape index (κ3) is 3.97. The summed E-state index contributed by atoms with van der Waals surface area (Å²) in [5, 5.41) is 17.1. The summed E-state index contributed by atoms with van der Waals surface area (Å²) in [6, 6.07) is 17.3. The van der Waals surface area contributed by atoms with Crippen molar-refractivity contribution in [1.29, 1.82) is 0 Å². The molecule has 7 heteroatoms. The maximum absolute atomic E-state index is 8.72. The normalized spacial score (nSPS) is 11.5. The first-order chi connectivity index (χ1) is 12.6. The van der Waals surface area contributed by atoms with Crippen molar-refractivity contribution < 1.29 is 9.94 Å². The fourth-order valence-corrected chi connectivity index (χ4v) is 2.73. The van der Waals surface area contributed by atoms with Crippen LogP contribution in [0.2, 0.25) is 5.02 Å². The molecule has 6 nitrogen and oxygen atoms in total. The number of oxime groups is 1. The Morgan fingerprint density at radius 3 is 2.50 bits per heavy atom. The molecule has 0 aliphatic carbocycles. The topological polar surface area (TPSA) is 85.7 Å². The van der Waals surface area contributed by atoms with Crippen molar-refractivity contribution in [3.8, 4) is 22.7 Å². The van der Waals surface area contributed by atoms with Gasteiger partial charge >= 0.3 is 0 Å². The minimum Gasteiger partial charge on any atom is -0.497 e. The molecule has 0 aliphatic rings. The zero-order chi connectivity index (χ0) is 18.5. The number of aryl methyl sites for hydroxylation is 1. The van der Waals surface area contributed by atoms with E-state index in [1.165, 1.54) is 0 Å². The number of nitrogens with zero attached hydrogens (tertiary/aromatic N) is 3. The second kappa shape index (κ2) is 7.93. The van der Waals surface area contributed by atoms with E-state index >= 15 is 0 Å². The van der Waals surface area contributed by atoms with Crippen LogP contribution >= 0.6 is 11.6 Å². The van der Waals surface area contributed by atoms with Gasteiger partial charge in [0.05, 0.1) is 24.2 Å². The predicted octanol–water partition coefficient (Wildman–Crippen LogP) is 3.88. The van der Waals surface area contributed by atoms with Crippen LogP contribution in [0.4, 0.5) is 0 Å². The molecule has 0 amide bonds. The maximum Gasteiger partial charge on any atom is 0.139 e. The summed E-state index contributed by atoms with van der Waals surface area (Å²) in [6.45, 7) is 0. The number of ether oxygens (including phenoxy) is 1. The minimum atomic E-state index is 0.178. The molecule has 3 N–H and O–H groups in total. The first kappa shape index (κ1) is 17.8. The highest BCUT2D eigenvalue weighted by atomic mass is 35.5. The van der Waals surface area contributed by atoms with Crippen molar-refractivity contribution in [3.05, 3.63) is 65.3 Å². The Morgan fingerprint density at radius 2 is 1.88 bits per heavy atom. The average molecular weight is 371 g/mol. The van der Waals surface area contributed by atoms with Gasteiger partial charge in [-0.25, -0.2) is 4.68 Å². The Kier molecular flexibility index (Phi) is 5.43. The van der Waals surface area contributed by atoms with E-state index in [4.69, 9.17) is 32.4 Å². The summed E-state index contributed by atoms with van der Waals surface area (Å²) >= 11 is 6.01. The van der Waals surface area contributed by atoms with Gasteiger partial charge < -0.3 is 15.7 Å². The Hall–Kier alpha value is -2.99. The van der Waals surface area contributed by atoms with Crippen molar-refractivity contribution in [2.24, 2.45) is 10.9 Å². The highest BCUT2D eigenvalue weighted by Crippen LogP contribution is 2.26. The quantitative estimate of drug-likeness (QED) is 0.298. The van der Waals surface area contributed by atoms with Gasteiger partial charge in [0.15, 0.2) is 0 Å². The molecule has 3 rings (SSSR count). The molecule has 0 unspecified atom stereocenters. The van der Waals surface area contributed by atoms with Crippen molar-refractivity contribution >= 4 is 17.4 Å². The third-order valence-corrected chi connectivity index (χ3v) is 4.23. The fraction of sp³-hybridized carbons (Fsp3) is 0.158. The molecule has 1 aromatic heterocycles. The summed E-state index contributed by atoms with van der Waals surface area (Å²) in [5.41, 5.74) is 9.25. The van der Waals surface area contributed by atoms with Gasteiger partial charge in [0.1, 0.15) is 11.6 Å². The van der Waals surface area contributed by atoms with E-state index in [1.807, 2.05) is 59.3 Å². The standard InChI is InChI=1S/C19H19ClN4O2/c1-26-17-9-7-16(8-10-17)24-18(13-2-4-14(20)5-3-13)12-15(22-24)6-11-19(21)23-25/h2-5,7-10,12,25H,6,11H2,1H3,(H2,21,23). The lowest BCUT2D eigenvalue weighted by molar-refractivity contribution is 0.317. The van der Waals surface area contributed by atoms with E-state index in [2.05, 4.69) is 5.16 Å². The van der Waals surface area contributed by atoms with Crippen LogP contribution in [0.1, 0.15) is 12.1 Å². The number of benzene rings is 2. The smallest absolute Gasteiger partial charge is 0.139 e. The van der Waals surface area contributed by atoms with E-state index < -0.39 is 0 Å². The van der Waals surface area contributed by atoms with E-state index in [-0.39, 0.29) is 5.84 Å². The van der Waals surface area contributed by atoms with E-state index in [1.54, 1.807) is 7.11 Å². The number of halogens is 1. The first-order valence-corrected chi connectivity index (χ1v) is 8.44. The van der Waals surface area contributed by atoms with Gasteiger partial charge in [0.2, 0.25) is 0 Å². The molecule has 0 aliphatic heterocycles. The zero-order valence-electron chi connectivity index (χ0n) is 14.3. The van der Waals surface area contributed by atoms with Gasteiger partial charge in [-0.1, -0.05) is 28.9 Å². The van der Waals surface area contributed by atoms with Crippen molar-refractivity contribution in [2.75, 3.05) is 7.11 Å². The second-order valence-corrected chi connectivity index (χ2v) is 6.17. The van der Waals surface area contributed by atoms with Crippen LogP contribution in [0, 0.1) is 0 Å². The molecule has 26 heavy (non-hydrogen) atoms. The van der Waals surface area contributed by atoms with Crippen LogP contribution in [0.25, 0.3) is 16.9 Å². The molecular formula is C19H19ClN4O2. The Labute approximate surface area is 156 Å². The molecule has 0 spiro atoms. The first-order valence-electron chi connectivity index (χ1n) is 8.06. The maximum atomic E-state index is 8.72. The molecule has 0 atom stereocenters. The van der Waals surface area contributed by atoms with Gasteiger partial charge in [-0.3, -0.25) is 0 Å². The zero-order valence-corrected chi connectivity index (χ0v) is 15.0. The van der Waals surface area contributed by atoms with E-state index in [0.29, 0.717) is 17.9 Å². The molecule has 0 saturated heterocycles. The number of hydrogen-bond donors (Lipinski definition) is 2. The average Bonchev–Trinajstić information content (AvgIpc) is 3.11. The van der Waals surface area contributed by atoms with Gasteiger partial charge in [-0.15, -0.1) is 0 Å². The Morgan fingerprint density at radius 1 is 1.19 bits per heavy atom. The second-order valence-electron chi connectivity index (χ2n) is 5.73. The predicted molar refractivity (Wildman–Crippen MR) is 102 cm³/mol. The summed E-state index contributed by atoms with van der Waals surface area (Å²) in [5.74, 6) is 0.957. The van der Waals surface area contributed by atoms with Gasteiger partial charge in [0, 0.05) is 17.0 Å². The molecule has 0 bridgehead atoms. The van der Waals surface area contributed by atoms with Crippen LogP contribution in [0.15, 0.2) is 59.8 Å². The molecule has 0 saturated carbocycles. The summed E-state index contributed by atoms with van der Waals surface area (Å²) in [4.78, 5) is 0. The number of aromatic nitrogens is 2. The summed E-state index contributed by atoms with van der Waals surface area (Å²) in [7, 11) is 1.63. The lowest BCUT2D eigenvalue weighted by Gasteiger charge is -2.08. The monoisotopic (exact) mass is 370 g/mol. The minimum absolute atomic E-state index is 0.178. The third-order valence-electron chi connectivity index (χ3n) is 3.98. The van der Waals surface area contributed by atoms with Gasteiger partial charge in [0.25, 0.3) is 0 Å². The number of amidine groups is 1. The number of hydrogen-bond acceptors (Lipinski definition) is 4. The lowest BCUT2D eigenvalue weighted by Crippen LogP contribution is -2.12. The van der Waals surface area contributed by atoms with Crippen LogP contribution in [0.3, 0.4) is 0 Å².